The monoisotopic (exact) mass is 347 g/mol. The number of nitriles is 1. The quantitative estimate of drug-likeness (QED) is 0.636. The average Bonchev–Trinajstić information content (AvgIpc) is 3.02. The second kappa shape index (κ2) is 7.83. The highest BCUT2D eigenvalue weighted by Gasteiger charge is 2.13. The lowest BCUT2D eigenvalue weighted by Crippen LogP contribution is -2.01. The van der Waals surface area contributed by atoms with E-state index in [4.69, 9.17) is 10.00 Å². The number of rotatable bonds is 6. The van der Waals surface area contributed by atoms with Crippen LogP contribution in [0.3, 0.4) is 0 Å². The fourth-order valence-electron chi connectivity index (χ4n) is 3.08. The molecule has 0 atom stereocenters. The Kier molecular flexibility index (Phi) is 5.33. The molecule has 0 saturated heterocycles. The fraction of sp³-hybridized carbons (Fsp3) is 0.286. The van der Waals surface area contributed by atoms with Gasteiger partial charge in [-0.25, -0.2) is 4.79 Å². The predicted octanol–water partition coefficient (Wildman–Crippen LogP) is 3.83. The van der Waals surface area contributed by atoms with Crippen LogP contribution in [0, 0.1) is 18.3 Å². The zero-order chi connectivity index (χ0) is 18.5. The molecule has 0 aliphatic carbocycles. The third-order valence-electron chi connectivity index (χ3n) is 4.47. The van der Waals surface area contributed by atoms with Gasteiger partial charge in [0.2, 0.25) is 0 Å². The fourth-order valence-corrected chi connectivity index (χ4v) is 3.08. The number of ether oxygens (including phenoxy) is 1. The number of hydrogen-bond acceptors (Lipinski definition) is 4. The number of pyridine rings is 1. The molecule has 0 amide bonds. The van der Waals surface area contributed by atoms with Gasteiger partial charge in [-0.15, -0.1) is 0 Å². The summed E-state index contributed by atoms with van der Waals surface area (Å²) in [5.74, 6) is -0.345. The standard InChI is InChI=1S/C21H21N3O2/c1-15-4-7-18(23-13-15)8-5-17-14-24(11-3-10-22)20-9-6-16(12-19(17)20)21(25)26-2/h4,6-7,9,12-14H,3,5,8,11H2,1-2H3. The van der Waals surface area contributed by atoms with Gasteiger partial charge >= 0.3 is 5.97 Å². The first-order valence-corrected chi connectivity index (χ1v) is 8.61. The molecule has 0 fully saturated rings. The van der Waals surface area contributed by atoms with E-state index in [9.17, 15) is 4.79 Å². The second-order valence-electron chi connectivity index (χ2n) is 6.31. The number of fused-ring (bicyclic) bond motifs is 1. The second-order valence-corrected chi connectivity index (χ2v) is 6.31. The van der Waals surface area contributed by atoms with Crippen molar-refractivity contribution in [3.05, 3.63) is 65.1 Å². The highest BCUT2D eigenvalue weighted by molar-refractivity contribution is 5.95. The minimum Gasteiger partial charge on any atom is -0.465 e. The predicted molar refractivity (Wildman–Crippen MR) is 99.9 cm³/mol. The summed E-state index contributed by atoms with van der Waals surface area (Å²) < 4.78 is 6.92. The molecule has 3 aromatic rings. The highest BCUT2D eigenvalue weighted by atomic mass is 16.5. The maximum Gasteiger partial charge on any atom is 0.337 e. The molecule has 1 aromatic carbocycles. The molecule has 2 aromatic heterocycles. The Morgan fingerprint density at radius 3 is 2.81 bits per heavy atom. The Bertz CT molecular complexity index is 965. The summed E-state index contributed by atoms with van der Waals surface area (Å²) in [6, 6.07) is 11.9. The van der Waals surface area contributed by atoms with E-state index in [0.29, 0.717) is 18.5 Å². The first-order valence-electron chi connectivity index (χ1n) is 8.61. The summed E-state index contributed by atoms with van der Waals surface area (Å²) in [6.07, 6.45) is 6.04. The Balaban J connectivity index is 1.94. The third-order valence-corrected chi connectivity index (χ3v) is 4.47. The van der Waals surface area contributed by atoms with Crippen LogP contribution in [-0.2, 0) is 24.1 Å². The summed E-state index contributed by atoms with van der Waals surface area (Å²) in [6.45, 7) is 2.65. The van der Waals surface area contributed by atoms with Gasteiger partial charge in [0, 0.05) is 35.5 Å². The van der Waals surface area contributed by atoms with Gasteiger partial charge in [-0.3, -0.25) is 4.98 Å². The van der Waals surface area contributed by atoms with Gasteiger partial charge in [-0.1, -0.05) is 6.07 Å². The molecule has 0 N–H and O–H groups in total. The van der Waals surface area contributed by atoms with E-state index in [1.165, 1.54) is 7.11 Å². The van der Waals surface area contributed by atoms with Gasteiger partial charge in [-0.2, -0.15) is 5.26 Å². The van der Waals surface area contributed by atoms with Gasteiger partial charge < -0.3 is 9.30 Å². The van der Waals surface area contributed by atoms with Gasteiger partial charge in [0.15, 0.2) is 0 Å². The number of methoxy groups -OCH3 is 1. The highest BCUT2D eigenvalue weighted by Crippen LogP contribution is 2.25. The molecular formula is C21H21N3O2. The molecule has 0 unspecified atom stereocenters. The van der Waals surface area contributed by atoms with Crippen LogP contribution in [0.1, 0.15) is 33.6 Å². The Morgan fingerprint density at radius 1 is 1.27 bits per heavy atom. The lowest BCUT2D eigenvalue weighted by atomic mass is 10.0. The van der Waals surface area contributed by atoms with Crippen molar-refractivity contribution in [2.45, 2.75) is 32.7 Å². The van der Waals surface area contributed by atoms with E-state index < -0.39 is 0 Å². The average molecular weight is 347 g/mol. The SMILES string of the molecule is COC(=O)c1ccc2c(c1)c(CCc1ccc(C)cn1)cn2CCC#N. The molecule has 2 heterocycles. The number of aromatic nitrogens is 2. The molecule has 3 rings (SSSR count). The molecule has 0 bridgehead atoms. The summed E-state index contributed by atoms with van der Waals surface area (Å²) in [7, 11) is 1.38. The molecule has 26 heavy (non-hydrogen) atoms. The lowest BCUT2D eigenvalue weighted by molar-refractivity contribution is 0.0601. The molecule has 0 saturated carbocycles. The largest absolute Gasteiger partial charge is 0.465 e. The molecule has 5 nitrogen and oxygen atoms in total. The molecule has 132 valence electrons. The van der Waals surface area contributed by atoms with Crippen molar-refractivity contribution in [1.29, 1.82) is 5.26 Å². The van der Waals surface area contributed by atoms with Crippen LogP contribution in [0.5, 0.6) is 0 Å². The zero-order valence-electron chi connectivity index (χ0n) is 15.0. The van der Waals surface area contributed by atoms with E-state index in [0.717, 1.165) is 40.6 Å². The van der Waals surface area contributed by atoms with E-state index in [-0.39, 0.29) is 5.97 Å². The molecule has 5 heteroatoms. The van der Waals surface area contributed by atoms with Crippen LogP contribution in [0.4, 0.5) is 0 Å². The Hall–Kier alpha value is -3.13. The van der Waals surface area contributed by atoms with E-state index >= 15 is 0 Å². The van der Waals surface area contributed by atoms with E-state index in [1.807, 2.05) is 31.3 Å². The lowest BCUT2D eigenvalue weighted by Gasteiger charge is -2.04. The summed E-state index contributed by atoms with van der Waals surface area (Å²) in [4.78, 5) is 16.3. The van der Waals surface area contributed by atoms with Crippen molar-refractivity contribution in [2.24, 2.45) is 0 Å². The van der Waals surface area contributed by atoms with Crippen molar-refractivity contribution < 1.29 is 9.53 Å². The summed E-state index contributed by atoms with van der Waals surface area (Å²) >= 11 is 0. The first kappa shape index (κ1) is 17.7. The van der Waals surface area contributed by atoms with E-state index in [1.54, 1.807) is 6.07 Å². The molecule has 0 spiro atoms. The number of carbonyl (C=O) groups excluding carboxylic acids is 1. The van der Waals surface area contributed by atoms with Crippen molar-refractivity contribution in [3.8, 4) is 6.07 Å². The van der Waals surface area contributed by atoms with Gasteiger partial charge in [0.1, 0.15) is 0 Å². The van der Waals surface area contributed by atoms with Crippen LogP contribution in [0.2, 0.25) is 0 Å². The number of benzene rings is 1. The number of aryl methyl sites for hydroxylation is 4. The van der Waals surface area contributed by atoms with Crippen LogP contribution < -0.4 is 0 Å². The minimum atomic E-state index is -0.345. The van der Waals surface area contributed by atoms with Gasteiger partial charge in [0.25, 0.3) is 0 Å². The molecule has 0 radical (unpaired) electrons. The first-order chi connectivity index (χ1) is 12.6. The molecule has 0 aliphatic heterocycles. The maximum atomic E-state index is 11.9. The van der Waals surface area contributed by atoms with Gasteiger partial charge in [-0.05, 0) is 55.2 Å². The van der Waals surface area contributed by atoms with Crippen molar-refractivity contribution in [1.82, 2.24) is 9.55 Å². The van der Waals surface area contributed by atoms with Crippen molar-refractivity contribution in [2.75, 3.05) is 7.11 Å². The Morgan fingerprint density at radius 2 is 2.12 bits per heavy atom. The number of nitrogens with zero attached hydrogens (tertiary/aromatic N) is 3. The van der Waals surface area contributed by atoms with Crippen LogP contribution in [0.15, 0.2) is 42.7 Å². The van der Waals surface area contributed by atoms with Crippen molar-refractivity contribution in [3.63, 3.8) is 0 Å². The summed E-state index contributed by atoms with van der Waals surface area (Å²) in [5, 5.41) is 9.92. The van der Waals surface area contributed by atoms with Crippen LogP contribution in [0.25, 0.3) is 10.9 Å². The Labute approximate surface area is 152 Å². The van der Waals surface area contributed by atoms with Gasteiger partial charge in [0.05, 0.1) is 25.2 Å². The molecule has 0 aliphatic rings. The number of carbonyl (C=O) groups is 1. The van der Waals surface area contributed by atoms with E-state index in [2.05, 4.69) is 27.9 Å². The summed E-state index contributed by atoms with van der Waals surface area (Å²) in [5.41, 5.74) is 4.89. The van der Waals surface area contributed by atoms with Crippen molar-refractivity contribution >= 4 is 16.9 Å². The normalized spacial score (nSPS) is 10.7. The topological polar surface area (TPSA) is 67.9 Å². The number of esters is 1. The molecular weight excluding hydrogens is 326 g/mol. The van der Waals surface area contributed by atoms with Crippen LogP contribution in [-0.4, -0.2) is 22.6 Å². The van der Waals surface area contributed by atoms with Crippen LogP contribution >= 0.6 is 0 Å². The smallest absolute Gasteiger partial charge is 0.337 e. The minimum absolute atomic E-state index is 0.345. The third kappa shape index (κ3) is 3.75. The maximum absolute atomic E-state index is 11.9. The number of hydrogen-bond donors (Lipinski definition) is 0. The zero-order valence-corrected chi connectivity index (χ0v) is 15.0.